The van der Waals surface area contributed by atoms with E-state index >= 15 is 0 Å². The summed E-state index contributed by atoms with van der Waals surface area (Å²) in [6.45, 7) is 4.62. The lowest BCUT2D eigenvalue weighted by Gasteiger charge is -2.29. The fourth-order valence-electron chi connectivity index (χ4n) is 2.41. The van der Waals surface area contributed by atoms with E-state index in [0.717, 1.165) is 23.9 Å². The minimum absolute atomic E-state index is 0.379. The van der Waals surface area contributed by atoms with Gasteiger partial charge in [-0.1, -0.05) is 26.0 Å². The highest BCUT2D eigenvalue weighted by Crippen LogP contribution is 2.33. The molecule has 3 rings (SSSR count). The van der Waals surface area contributed by atoms with Crippen LogP contribution in [-0.4, -0.2) is 9.97 Å². The molecule has 2 aromatic rings. The number of fused-ring (bicyclic) bond motifs is 2. The lowest BCUT2D eigenvalue weighted by molar-refractivity contribution is 0.308. The van der Waals surface area contributed by atoms with Gasteiger partial charge in [-0.05, 0) is 36.8 Å². The summed E-state index contributed by atoms with van der Waals surface area (Å²) in [5, 5.41) is 0. The van der Waals surface area contributed by atoms with Crippen molar-refractivity contribution in [3.05, 3.63) is 35.7 Å². The van der Waals surface area contributed by atoms with Crippen LogP contribution in [0.1, 0.15) is 31.7 Å². The second kappa shape index (κ2) is 3.27. The molecule has 1 heterocycles. The fourth-order valence-corrected chi connectivity index (χ4v) is 2.41. The number of para-hydroxylation sites is 2. The molecule has 0 saturated heterocycles. The topological polar surface area (TPSA) is 25.8 Å². The zero-order chi connectivity index (χ0) is 11.2. The Hall–Kier alpha value is -1.44. The van der Waals surface area contributed by atoms with Crippen molar-refractivity contribution >= 4 is 11.0 Å². The van der Waals surface area contributed by atoms with Crippen LogP contribution >= 0.6 is 0 Å². The maximum Gasteiger partial charge on any atom is 0.0890 e. The summed E-state index contributed by atoms with van der Waals surface area (Å²) in [6.07, 6.45) is 3.34. The molecule has 0 N–H and O–H groups in total. The summed E-state index contributed by atoms with van der Waals surface area (Å²) in [4.78, 5) is 9.47. The Balaban J connectivity index is 2.17. The maximum atomic E-state index is 4.75. The molecule has 1 aliphatic rings. The first-order valence-electron chi connectivity index (χ1n) is 5.89. The zero-order valence-electron chi connectivity index (χ0n) is 9.83. The van der Waals surface area contributed by atoms with Gasteiger partial charge in [0.05, 0.1) is 22.4 Å². The first kappa shape index (κ1) is 9.76. The number of rotatable bonds is 0. The van der Waals surface area contributed by atoms with Crippen LogP contribution in [0.5, 0.6) is 0 Å². The summed E-state index contributed by atoms with van der Waals surface area (Å²) in [5.41, 5.74) is 4.84. The molecule has 1 aliphatic carbocycles. The summed E-state index contributed by atoms with van der Waals surface area (Å²) in [6, 6.07) is 8.14. The van der Waals surface area contributed by atoms with Gasteiger partial charge in [0.15, 0.2) is 0 Å². The lowest BCUT2D eigenvalue weighted by Crippen LogP contribution is -2.24. The Labute approximate surface area is 95.7 Å². The number of hydrogen-bond donors (Lipinski definition) is 0. The SMILES string of the molecule is CC1(C)CCc2nc3ccccc3nc2C1. The van der Waals surface area contributed by atoms with E-state index < -0.39 is 0 Å². The van der Waals surface area contributed by atoms with Crippen LogP contribution < -0.4 is 0 Å². The molecule has 0 unspecified atom stereocenters. The molecule has 0 saturated carbocycles. The lowest BCUT2D eigenvalue weighted by atomic mass is 9.78. The molecule has 0 spiro atoms. The van der Waals surface area contributed by atoms with Crippen LogP contribution in [0.15, 0.2) is 24.3 Å². The molecule has 2 nitrogen and oxygen atoms in total. The normalized spacial score (nSPS) is 18.4. The first-order valence-corrected chi connectivity index (χ1v) is 5.89. The molecule has 1 aromatic carbocycles. The Morgan fingerprint density at radius 3 is 2.31 bits per heavy atom. The third-order valence-electron chi connectivity index (χ3n) is 3.41. The standard InChI is InChI=1S/C14H16N2/c1-14(2)8-7-12-13(9-14)16-11-6-4-3-5-10(11)15-12/h3-6H,7-9H2,1-2H3. The summed E-state index contributed by atoms with van der Waals surface area (Å²) in [5.74, 6) is 0. The predicted octanol–water partition coefficient (Wildman–Crippen LogP) is 3.14. The van der Waals surface area contributed by atoms with Crippen LogP contribution in [0.2, 0.25) is 0 Å². The molecule has 0 fully saturated rings. The van der Waals surface area contributed by atoms with Crippen molar-refractivity contribution in [1.82, 2.24) is 9.97 Å². The summed E-state index contributed by atoms with van der Waals surface area (Å²) >= 11 is 0. The summed E-state index contributed by atoms with van der Waals surface area (Å²) < 4.78 is 0. The molecule has 0 radical (unpaired) electrons. The average molecular weight is 212 g/mol. The van der Waals surface area contributed by atoms with Gasteiger partial charge < -0.3 is 0 Å². The highest BCUT2D eigenvalue weighted by atomic mass is 14.8. The van der Waals surface area contributed by atoms with Crippen molar-refractivity contribution in [2.45, 2.75) is 33.1 Å². The third kappa shape index (κ3) is 1.58. The van der Waals surface area contributed by atoms with Crippen molar-refractivity contribution in [2.24, 2.45) is 5.41 Å². The Kier molecular flexibility index (Phi) is 2.00. The van der Waals surface area contributed by atoms with E-state index in [4.69, 9.17) is 9.97 Å². The van der Waals surface area contributed by atoms with Gasteiger partial charge in [-0.2, -0.15) is 0 Å². The molecule has 1 aromatic heterocycles. The highest BCUT2D eigenvalue weighted by Gasteiger charge is 2.27. The molecule has 0 atom stereocenters. The van der Waals surface area contributed by atoms with E-state index in [1.807, 2.05) is 24.3 Å². The predicted molar refractivity (Wildman–Crippen MR) is 65.3 cm³/mol. The van der Waals surface area contributed by atoms with E-state index in [1.165, 1.54) is 17.8 Å². The second-order valence-corrected chi connectivity index (χ2v) is 5.45. The summed E-state index contributed by atoms with van der Waals surface area (Å²) in [7, 11) is 0. The molecule has 16 heavy (non-hydrogen) atoms. The highest BCUT2D eigenvalue weighted by molar-refractivity contribution is 5.74. The number of aryl methyl sites for hydroxylation is 1. The van der Waals surface area contributed by atoms with E-state index in [0.29, 0.717) is 5.41 Å². The van der Waals surface area contributed by atoms with Gasteiger partial charge in [-0.25, -0.2) is 9.97 Å². The van der Waals surface area contributed by atoms with E-state index in [2.05, 4.69) is 13.8 Å². The van der Waals surface area contributed by atoms with Gasteiger partial charge in [-0.3, -0.25) is 0 Å². The van der Waals surface area contributed by atoms with Crippen molar-refractivity contribution in [3.63, 3.8) is 0 Å². The minimum atomic E-state index is 0.379. The Morgan fingerprint density at radius 2 is 1.62 bits per heavy atom. The smallest absolute Gasteiger partial charge is 0.0890 e. The Bertz CT molecular complexity index is 543. The maximum absolute atomic E-state index is 4.75. The molecule has 2 heteroatoms. The minimum Gasteiger partial charge on any atom is -0.249 e. The molecular weight excluding hydrogens is 196 g/mol. The molecule has 0 amide bonds. The number of nitrogens with zero attached hydrogens (tertiary/aromatic N) is 2. The number of aromatic nitrogens is 2. The number of benzene rings is 1. The number of hydrogen-bond acceptors (Lipinski definition) is 2. The van der Waals surface area contributed by atoms with Crippen molar-refractivity contribution in [2.75, 3.05) is 0 Å². The third-order valence-corrected chi connectivity index (χ3v) is 3.41. The van der Waals surface area contributed by atoms with E-state index in [1.54, 1.807) is 0 Å². The van der Waals surface area contributed by atoms with Gasteiger partial charge in [0.1, 0.15) is 0 Å². The zero-order valence-corrected chi connectivity index (χ0v) is 9.83. The van der Waals surface area contributed by atoms with Crippen LogP contribution in [0.3, 0.4) is 0 Å². The molecule has 0 bridgehead atoms. The van der Waals surface area contributed by atoms with Crippen LogP contribution in [0.25, 0.3) is 11.0 Å². The van der Waals surface area contributed by atoms with Gasteiger partial charge >= 0.3 is 0 Å². The van der Waals surface area contributed by atoms with Crippen molar-refractivity contribution in [3.8, 4) is 0 Å². The van der Waals surface area contributed by atoms with Crippen LogP contribution in [-0.2, 0) is 12.8 Å². The molecular formula is C14H16N2. The quantitative estimate of drug-likeness (QED) is 0.670. The largest absolute Gasteiger partial charge is 0.249 e. The Morgan fingerprint density at radius 1 is 1.00 bits per heavy atom. The van der Waals surface area contributed by atoms with E-state index in [9.17, 15) is 0 Å². The van der Waals surface area contributed by atoms with E-state index in [-0.39, 0.29) is 0 Å². The van der Waals surface area contributed by atoms with Crippen molar-refractivity contribution in [1.29, 1.82) is 0 Å². The van der Waals surface area contributed by atoms with Gasteiger partial charge in [0.2, 0.25) is 0 Å². The van der Waals surface area contributed by atoms with Gasteiger partial charge in [0, 0.05) is 0 Å². The second-order valence-electron chi connectivity index (χ2n) is 5.45. The van der Waals surface area contributed by atoms with Crippen LogP contribution in [0.4, 0.5) is 0 Å². The molecule has 0 aliphatic heterocycles. The first-order chi connectivity index (χ1) is 7.64. The van der Waals surface area contributed by atoms with Crippen LogP contribution in [0, 0.1) is 5.41 Å². The fraction of sp³-hybridized carbons (Fsp3) is 0.429. The monoisotopic (exact) mass is 212 g/mol. The van der Waals surface area contributed by atoms with Gasteiger partial charge in [-0.15, -0.1) is 0 Å². The molecule has 82 valence electrons. The van der Waals surface area contributed by atoms with Crippen molar-refractivity contribution < 1.29 is 0 Å². The average Bonchev–Trinajstić information content (AvgIpc) is 2.25. The van der Waals surface area contributed by atoms with Gasteiger partial charge in [0.25, 0.3) is 0 Å².